The highest BCUT2D eigenvalue weighted by Gasteiger charge is 2.51. The summed E-state index contributed by atoms with van der Waals surface area (Å²) < 4.78 is 0. The molecule has 112 valence electrons. The van der Waals surface area contributed by atoms with Gasteiger partial charge in [0.15, 0.2) is 0 Å². The van der Waals surface area contributed by atoms with Gasteiger partial charge in [-0.2, -0.15) is 0 Å². The highest BCUT2D eigenvalue weighted by molar-refractivity contribution is 5.91. The topological polar surface area (TPSA) is 49.3 Å². The Balaban J connectivity index is 1.55. The molecule has 1 saturated heterocycles. The predicted molar refractivity (Wildman–Crippen MR) is 80.1 cm³/mol. The summed E-state index contributed by atoms with van der Waals surface area (Å²) in [6, 6.07) is 0. The Morgan fingerprint density at radius 1 is 1.19 bits per heavy atom. The Labute approximate surface area is 125 Å². The standard InChI is InChI=1S/C16H22N4O/c1-19(2)16(21)14-6-17-7-15(18-14)20-8-12-10-3-4-11(5-10)13(12)9-20/h6-7,10-13H,3-5,8-9H2,1-2H3/t10-,11+,12-,13+. The van der Waals surface area contributed by atoms with Gasteiger partial charge < -0.3 is 9.80 Å². The molecule has 0 N–H and O–H groups in total. The van der Waals surface area contributed by atoms with Crippen molar-refractivity contribution in [1.82, 2.24) is 14.9 Å². The molecule has 3 aliphatic rings. The molecule has 4 rings (SSSR count). The van der Waals surface area contributed by atoms with Crippen LogP contribution in [-0.2, 0) is 0 Å². The van der Waals surface area contributed by atoms with Crippen molar-refractivity contribution in [1.29, 1.82) is 0 Å². The zero-order valence-corrected chi connectivity index (χ0v) is 12.7. The fourth-order valence-corrected chi connectivity index (χ4v) is 4.71. The largest absolute Gasteiger partial charge is 0.355 e. The molecule has 2 aliphatic carbocycles. The number of anilines is 1. The first-order valence-corrected chi connectivity index (χ1v) is 7.92. The lowest BCUT2D eigenvalue weighted by molar-refractivity contribution is 0.0821. The molecule has 5 nitrogen and oxygen atoms in total. The molecular weight excluding hydrogens is 264 g/mol. The number of carbonyl (C=O) groups is 1. The molecular formula is C16H22N4O. The second kappa shape index (κ2) is 4.68. The van der Waals surface area contributed by atoms with Gasteiger partial charge in [0.1, 0.15) is 11.5 Å². The van der Waals surface area contributed by atoms with Crippen molar-refractivity contribution in [2.75, 3.05) is 32.1 Å². The third-order valence-corrected chi connectivity index (χ3v) is 5.71. The molecule has 3 fully saturated rings. The smallest absolute Gasteiger partial charge is 0.273 e. The number of fused-ring (bicyclic) bond motifs is 5. The monoisotopic (exact) mass is 286 g/mol. The number of aromatic nitrogens is 2. The third kappa shape index (κ3) is 2.01. The van der Waals surface area contributed by atoms with E-state index in [1.165, 1.54) is 19.3 Å². The first-order valence-electron chi connectivity index (χ1n) is 7.92. The predicted octanol–water partition coefficient (Wildman–Crippen LogP) is 1.66. The Hall–Kier alpha value is -1.65. The lowest BCUT2D eigenvalue weighted by Gasteiger charge is -2.22. The fraction of sp³-hybridized carbons (Fsp3) is 0.688. The highest BCUT2D eigenvalue weighted by atomic mass is 16.2. The molecule has 5 heteroatoms. The minimum Gasteiger partial charge on any atom is -0.355 e. The number of amides is 1. The van der Waals surface area contributed by atoms with Crippen LogP contribution in [0.5, 0.6) is 0 Å². The number of carbonyl (C=O) groups excluding carboxylic acids is 1. The van der Waals surface area contributed by atoms with Crippen molar-refractivity contribution in [3.8, 4) is 0 Å². The van der Waals surface area contributed by atoms with E-state index in [1.54, 1.807) is 31.4 Å². The Morgan fingerprint density at radius 2 is 1.86 bits per heavy atom. The quantitative estimate of drug-likeness (QED) is 0.829. The van der Waals surface area contributed by atoms with Crippen LogP contribution in [0, 0.1) is 23.7 Å². The summed E-state index contributed by atoms with van der Waals surface area (Å²) in [5.41, 5.74) is 0.442. The Kier molecular flexibility index (Phi) is 2.91. The van der Waals surface area contributed by atoms with Crippen LogP contribution in [0.15, 0.2) is 12.4 Å². The lowest BCUT2D eigenvalue weighted by atomic mass is 9.82. The molecule has 1 amide bonds. The van der Waals surface area contributed by atoms with Gasteiger partial charge in [0.25, 0.3) is 5.91 Å². The Morgan fingerprint density at radius 3 is 2.48 bits per heavy atom. The molecule has 21 heavy (non-hydrogen) atoms. The number of hydrogen-bond acceptors (Lipinski definition) is 4. The van der Waals surface area contributed by atoms with E-state index in [-0.39, 0.29) is 5.91 Å². The summed E-state index contributed by atoms with van der Waals surface area (Å²) in [6.07, 6.45) is 7.66. The summed E-state index contributed by atoms with van der Waals surface area (Å²) >= 11 is 0. The summed E-state index contributed by atoms with van der Waals surface area (Å²) in [5.74, 6) is 4.35. The van der Waals surface area contributed by atoms with Gasteiger partial charge in [-0.25, -0.2) is 4.98 Å². The normalized spacial score (nSPS) is 33.3. The van der Waals surface area contributed by atoms with Gasteiger partial charge in [-0.1, -0.05) is 0 Å². The minimum atomic E-state index is -0.0798. The van der Waals surface area contributed by atoms with Crippen molar-refractivity contribution in [3.63, 3.8) is 0 Å². The van der Waals surface area contributed by atoms with Crippen LogP contribution in [0.4, 0.5) is 5.82 Å². The number of rotatable bonds is 2. The molecule has 0 unspecified atom stereocenters. The van der Waals surface area contributed by atoms with Crippen molar-refractivity contribution in [2.45, 2.75) is 19.3 Å². The zero-order valence-electron chi connectivity index (χ0n) is 12.7. The van der Waals surface area contributed by atoms with Crippen LogP contribution < -0.4 is 4.90 Å². The summed E-state index contributed by atoms with van der Waals surface area (Å²) in [5, 5.41) is 0. The van der Waals surface area contributed by atoms with Crippen LogP contribution in [-0.4, -0.2) is 48.0 Å². The minimum absolute atomic E-state index is 0.0798. The van der Waals surface area contributed by atoms with Crippen LogP contribution >= 0.6 is 0 Å². The molecule has 2 saturated carbocycles. The average Bonchev–Trinajstić information content (AvgIpc) is 3.18. The molecule has 0 radical (unpaired) electrons. The van der Waals surface area contributed by atoms with Crippen LogP contribution in [0.3, 0.4) is 0 Å². The lowest BCUT2D eigenvalue weighted by Crippen LogP contribution is -2.26. The van der Waals surface area contributed by atoms with Crippen LogP contribution in [0.25, 0.3) is 0 Å². The first-order chi connectivity index (χ1) is 10.1. The third-order valence-electron chi connectivity index (χ3n) is 5.71. The number of hydrogen-bond donors (Lipinski definition) is 0. The van der Waals surface area contributed by atoms with Gasteiger partial charge in [0, 0.05) is 27.2 Å². The van der Waals surface area contributed by atoms with E-state index >= 15 is 0 Å². The van der Waals surface area contributed by atoms with E-state index in [0.717, 1.165) is 42.6 Å². The highest BCUT2D eigenvalue weighted by Crippen LogP contribution is 2.55. The zero-order chi connectivity index (χ0) is 14.6. The van der Waals surface area contributed by atoms with Crippen molar-refractivity contribution in [2.24, 2.45) is 23.7 Å². The molecule has 0 aromatic carbocycles. The van der Waals surface area contributed by atoms with Gasteiger partial charge in [-0.05, 0) is 42.9 Å². The maximum absolute atomic E-state index is 12.0. The van der Waals surface area contributed by atoms with Crippen molar-refractivity contribution >= 4 is 11.7 Å². The molecule has 1 aliphatic heterocycles. The molecule has 1 aromatic rings. The number of nitrogens with zero attached hydrogens (tertiary/aromatic N) is 4. The second-order valence-electron chi connectivity index (χ2n) is 7.03. The first kappa shape index (κ1) is 13.0. The van der Waals surface area contributed by atoms with E-state index in [0.29, 0.717) is 5.69 Å². The fourth-order valence-electron chi connectivity index (χ4n) is 4.71. The molecule has 4 atom stereocenters. The SMILES string of the molecule is CN(C)C(=O)c1cncc(N2C[C@@H]3[C@@H]4CC[C@@H](C4)[C@@H]3C2)n1. The summed E-state index contributed by atoms with van der Waals surface area (Å²) in [6.45, 7) is 2.19. The second-order valence-corrected chi connectivity index (χ2v) is 7.03. The van der Waals surface area contributed by atoms with Crippen molar-refractivity contribution < 1.29 is 4.79 Å². The van der Waals surface area contributed by atoms with E-state index in [4.69, 9.17) is 0 Å². The van der Waals surface area contributed by atoms with E-state index in [2.05, 4.69) is 14.9 Å². The van der Waals surface area contributed by atoms with Crippen LogP contribution in [0.1, 0.15) is 29.8 Å². The van der Waals surface area contributed by atoms with E-state index in [1.807, 2.05) is 0 Å². The molecule has 0 spiro atoms. The summed E-state index contributed by atoms with van der Waals surface area (Å²) in [4.78, 5) is 24.7. The Bertz CT molecular complexity index is 555. The maximum atomic E-state index is 12.0. The van der Waals surface area contributed by atoms with Crippen LogP contribution in [0.2, 0.25) is 0 Å². The van der Waals surface area contributed by atoms with E-state index in [9.17, 15) is 4.79 Å². The molecule has 1 aromatic heterocycles. The summed E-state index contributed by atoms with van der Waals surface area (Å²) in [7, 11) is 3.49. The van der Waals surface area contributed by atoms with E-state index < -0.39 is 0 Å². The van der Waals surface area contributed by atoms with Gasteiger partial charge in [0.05, 0.1) is 12.4 Å². The maximum Gasteiger partial charge on any atom is 0.273 e. The van der Waals surface area contributed by atoms with Gasteiger partial charge in [-0.15, -0.1) is 0 Å². The van der Waals surface area contributed by atoms with Crippen molar-refractivity contribution in [3.05, 3.63) is 18.1 Å². The van der Waals surface area contributed by atoms with Gasteiger partial charge >= 0.3 is 0 Å². The average molecular weight is 286 g/mol. The molecule has 2 heterocycles. The van der Waals surface area contributed by atoms with Gasteiger partial charge in [-0.3, -0.25) is 9.78 Å². The van der Waals surface area contributed by atoms with Gasteiger partial charge in [0.2, 0.25) is 0 Å². The molecule has 2 bridgehead atoms.